The van der Waals surface area contributed by atoms with Crippen LogP contribution in [0.1, 0.15) is 6.42 Å². The third-order valence-corrected chi connectivity index (χ3v) is 1.16. The van der Waals surface area contributed by atoms with Crippen LogP contribution in [0.2, 0.25) is 0 Å². The van der Waals surface area contributed by atoms with Crippen molar-refractivity contribution < 1.29 is 9.52 Å². The normalized spacial score (nSPS) is 9.91. The topological polar surface area (TPSA) is 84.3 Å². The Morgan fingerprint density at radius 2 is 2.55 bits per heavy atom. The van der Waals surface area contributed by atoms with Crippen molar-refractivity contribution >= 4 is 11.9 Å². The summed E-state index contributed by atoms with van der Waals surface area (Å²) < 4.78 is 4.90. The van der Waals surface area contributed by atoms with Gasteiger partial charge in [0, 0.05) is 13.2 Å². The number of aliphatic hydroxyl groups excluding tert-OH is 1. The van der Waals surface area contributed by atoms with Crippen molar-refractivity contribution in [2.75, 3.05) is 24.2 Å². The van der Waals surface area contributed by atoms with Gasteiger partial charge in [0.2, 0.25) is 5.88 Å². The fourth-order valence-corrected chi connectivity index (χ4v) is 0.660. The van der Waals surface area contributed by atoms with Crippen LogP contribution >= 0.6 is 0 Å². The predicted molar refractivity (Wildman–Crippen MR) is 41.1 cm³/mol. The lowest BCUT2D eigenvalue weighted by atomic mass is 10.4. The lowest BCUT2D eigenvalue weighted by Gasteiger charge is -1.97. The lowest BCUT2D eigenvalue weighted by molar-refractivity contribution is 0.292. The van der Waals surface area contributed by atoms with Crippen molar-refractivity contribution in [3.8, 4) is 0 Å². The van der Waals surface area contributed by atoms with Crippen molar-refractivity contribution in [2.24, 2.45) is 0 Å². The molecule has 11 heavy (non-hydrogen) atoms. The number of aromatic nitrogens is 1. The summed E-state index contributed by atoms with van der Waals surface area (Å²) in [4.78, 5) is 3.68. The Kier molecular flexibility index (Phi) is 2.74. The van der Waals surface area contributed by atoms with Crippen LogP contribution in [0.4, 0.5) is 11.9 Å². The van der Waals surface area contributed by atoms with E-state index in [1.165, 1.54) is 6.20 Å². The van der Waals surface area contributed by atoms with Gasteiger partial charge in [0.05, 0.1) is 6.20 Å². The van der Waals surface area contributed by atoms with Crippen molar-refractivity contribution in [3.63, 3.8) is 0 Å². The van der Waals surface area contributed by atoms with Crippen LogP contribution in [0, 0.1) is 0 Å². The fraction of sp³-hybridized carbons (Fsp3) is 0.500. The molecule has 0 atom stereocenters. The number of nitrogen functional groups attached to an aromatic ring is 1. The second-order valence-corrected chi connectivity index (χ2v) is 2.07. The molecule has 0 spiro atoms. The van der Waals surface area contributed by atoms with Gasteiger partial charge in [0.1, 0.15) is 0 Å². The summed E-state index contributed by atoms with van der Waals surface area (Å²) in [6, 6.07) is 0.150. The summed E-state index contributed by atoms with van der Waals surface area (Å²) in [6.45, 7) is 0.821. The molecule has 0 unspecified atom stereocenters. The standard InChI is InChI=1S/C6H11N3O2/c7-6-9-4-5(11-6)8-2-1-3-10/h4,8,10H,1-3H2,(H2,7,9). The first kappa shape index (κ1) is 7.87. The van der Waals surface area contributed by atoms with Crippen LogP contribution in [-0.2, 0) is 0 Å². The van der Waals surface area contributed by atoms with E-state index in [1.807, 2.05) is 0 Å². The Balaban J connectivity index is 2.27. The van der Waals surface area contributed by atoms with Crippen LogP contribution in [-0.4, -0.2) is 23.2 Å². The highest BCUT2D eigenvalue weighted by Crippen LogP contribution is 2.09. The number of rotatable bonds is 4. The van der Waals surface area contributed by atoms with E-state index in [9.17, 15) is 0 Å². The highest BCUT2D eigenvalue weighted by Gasteiger charge is 1.96. The van der Waals surface area contributed by atoms with E-state index >= 15 is 0 Å². The van der Waals surface area contributed by atoms with Crippen molar-refractivity contribution in [3.05, 3.63) is 6.20 Å². The van der Waals surface area contributed by atoms with Gasteiger partial charge in [-0.2, -0.15) is 0 Å². The van der Waals surface area contributed by atoms with Gasteiger partial charge in [-0.25, -0.2) is 4.98 Å². The van der Waals surface area contributed by atoms with Crippen molar-refractivity contribution in [1.82, 2.24) is 4.98 Å². The molecule has 1 aromatic rings. The monoisotopic (exact) mass is 157 g/mol. The average Bonchev–Trinajstić information content (AvgIpc) is 2.37. The van der Waals surface area contributed by atoms with E-state index in [1.54, 1.807) is 0 Å². The van der Waals surface area contributed by atoms with Crippen LogP contribution in [0.3, 0.4) is 0 Å². The van der Waals surface area contributed by atoms with Gasteiger partial charge in [0.15, 0.2) is 0 Å². The summed E-state index contributed by atoms with van der Waals surface area (Å²) in [5, 5.41) is 11.3. The largest absolute Gasteiger partial charge is 0.408 e. The zero-order valence-electron chi connectivity index (χ0n) is 6.08. The van der Waals surface area contributed by atoms with Gasteiger partial charge in [-0.15, -0.1) is 0 Å². The first-order valence-corrected chi connectivity index (χ1v) is 3.39. The molecule has 0 aliphatic rings. The van der Waals surface area contributed by atoms with E-state index < -0.39 is 0 Å². The highest BCUT2D eigenvalue weighted by atomic mass is 16.4. The van der Waals surface area contributed by atoms with Gasteiger partial charge in [-0.1, -0.05) is 0 Å². The van der Waals surface area contributed by atoms with Gasteiger partial charge < -0.3 is 20.6 Å². The summed E-state index contributed by atoms with van der Waals surface area (Å²) in [5.74, 6) is 0.538. The number of nitrogens with one attached hydrogen (secondary N) is 1. The summed E-state index contributed by atoms with van der Waals surface area (Å²) in [5.41, 5.74) is 5.22. The number of nitrogens with zero attached hydrogens (tertiary/aromatic N) is 1. The maximum atomic E-state index is 8.44. The van der Waals surface area contributed by atoms with E-state index in [0.717, 1.165) is 0 Å². The zero-order chi connectivity index (χ0) is 8.10. The fourth-order valence-electron chi connectivity index (χ4n) is 0.660. The van der Waals surface area contributed by atoms with E-state index in [0.29, 0.717) is 18.8 Å². The molecule has 0 bridgehead atoms. The predicted octanol–water partition coefficient (Wildman–Crippen LogP) is 0.0511. The second kappa shape index (κ2) is 3.82. The SMILES string of the molecule is Nc1ncc(NCCCO)o1. The van der Waals surface area contributed by atoms with Crippen LogP contribution < -0.4 is 11.1 Å². The minimum Gasteiger partial charge on any atom is -0.408 e. The molecule has 0 aromatic carbocycles. The minimum absolute atomic E-state index is 0.150. The van der Waals surface area contributed by atoms with Crippen molar-refractivity contribution in [2.45, 2.75) is 6.42 Å². The molecule has 1 rings (SSSR count). The molecule has 5 nitrogen and oxygen atoms in total. The van der Waals surface area contributed by atoms with Crippen LogP contribution in [0.25, 0.3) is 0 Å². The summed E-state index contributed by atoms with van der Waals surface area (Å²) >= 11 is 0. The Labute approximate surface area is 64.2 Å². The third kappa shape index (κ3) is 2.46. The average molecular weight is 157 g/mol. The maximum absolute atomic E-state index is 8.44. The number of anilines is 2. The second-order valence-electron chi connectivity index (χ2n) is 2.07. The molecule has 0 saturated carbocycles. The molecule has 0 fully saturated rings. The van der Waals surface area contributed by atoms with Gasteiger partial charge >= 0.3 is 0 Å². The summed E-state index contributed by atoms with van der Waals surface area (Å²) in [6.07, 6.45) is 2.19. The number of hydrogen-bond acceptors (Lipinski definition) is 5. The van der Waals surface area contributed by atoms with Crippen LogP contribution in [0.15, 0.2) is 10.6 Å². The Morgan fingerprint density at radius 1 is 1.73 bits per heavy atom. The minimum atomic E-state index is 0.150. The molecule has 0 amide bonds. The first-order chi connectivity index (χ1) is 5.33. The molecule has 0 radical (unpaired) electrons. The van der Waals surface area contributed by atoms with E-state index in [-0.39, 0.29) is 12.6 Å². The molecule has 0 saturated heterocycles. The number of hydrogen-bond donors (Lipinski definition) is 3. The number of aliphatic hydroxyl groups is 1. The smallest absolute Gasteiger partial charge is 0.293 e. The highest BCUT2D eigenvalue weighted by molar-refractivity contribution is 5.31. The van der Waals surface area contributed by atoms with Crippen molar-refractivity contribution in [1.29, 1.82) is 0 Å². The number of nitrogens with two attached hydrogens (primary N) is 1. The maximum Gasteiger partial charge on any atom is 0.293 e. The molecule has 62 valence electrons. The third-order valence-electron chi connectivity index (χ3n) is 1.16. The Morgan fingerprint density at radius 3 is 3.09 bits per heavy atom. The molecular weight excluding hydrogens is 146 g/mol. The molecule has 0 aliphatic heterocycles. The number of oxazole rings is 1. The van der Waals surface area contributed by atoms with E-state index in [4.69, 9.17) is 15.3 Å². The van der Waals surface area contributed by atoms with Gasteiger partial charge in [0.25, 0.3) is 6.01 Å². The zero-order valence-corrected chi connectivity index (χ0v) is 6.08. The lowest BCUT2D eigenvalue weighted by Crippen LogP contribution is -2.02. The molecule has 5 heteroatoms. The quantitative estimate of drug-likeness (QED) is 0.538. The summed E-state index contributed by atoms with van der Waals surface area (Å²) in [7, 11) is 0. The Hall–Kier alpha value is -1.23. The molecule has 1 heterocycles. The van der Waals surface area contributed by atoms with Gasteiger partial charge in [-0.3, -0.25) is 0 Å². The van der Waals surface area contributed by atoms with Crippen LogP contribution in [0.5, 0.6) is 0 Å². The molecule has 0 aliphatic carbocycles. The van der Waals surface area contributed by atoms with Gasteiger partial charge in [-0.05, 0) is 6.42 Å². The molecule has 4 N–H and O–H groups in total. The first-order valence-electron chi connectivity index (χ1n) is 3.39. The molecule has 1 aromatic heterocycles. The molecular formula is C6H11N3O2. The van der Waals surface area contributed by atoms with E-state index in [2.05, 4.69) is 10.3 Å². The Bertz CT molecular complexity index is 211.